The van der Waals surface area contributed by atoms with E-state index in [-0.39, 0.29) is 23.5 Å². The van der Waals surface area contributed by atoms with E-state index in [1.165, 1.54) is 106 Å². The molecule has 1 aromatic heterocycles. The van der Waals surface area contributed by atoms with Gasteiger partial charge in [-0.15, -0.1) is 0 Å². The van der Waals surface area contributed by atoms with Crippen LogP contribution in [0.5, 0.6) is 5.75 Å². The zero-order valence-corrected chi connectivity index (χ0v) is 37.6. The van der Waals surface area contributed by atoms with Gasteiger partial charge in [-0.3, -0.25) is 0 Å². The van der Waals surface area contributed by atoms with Gasteiger partial charge in [-0.1, -0.05) is 138 Å². The zero-order valence-electron chi connectivity index (χ0n) is 37.6. The molecule has 0 N–H and O–H groups in total. The molecular weight excluding hydrogens is 777 g/mol. The number of benzene rings is 7. The van der Waals surface area contributed by atoms with Gasteiger partial charge in [0.25, 0.3) is 6.71 Å². The standard InChI is InChI=1S/C59H50BN3O/c1-35-18-8-13-25-45(35)61(46-26-14-9-19-36(46)2)38-30-31-43-48(34-38)62(47-27-17-29-52-54(47)40-21-11-15-28-51(40)64-52)49-32-37(58(3,4)5)33-50-55(49)60(43)44-24-16-22-41-53-39-20-10-12-23-42(39)59(6,7)57(53)63(50)56(41)44/h8-20,22-34,40H,21H2,1-7H3. The Hall–Kier alpha value is -6.98. The first-order valence-corrected chi connectivity index (χ1v) is 23.0. The molecular formula is C59H50BN3O. The Labute approximate surface area is 376 Å². The second-order valence-corrected chi connectivity index (χ2v) is 20.1. The van der Waals surface area contributed by atoms with E-state index in [1.807, 2.05) is 0 Å². The van der Waals surface area contributed by atoms with E-state index in [0.717, 1.165) is 23.6 Å². The third-order valence-corrected chi connectivity index (χ3v) is 15.1. The van der Waals surface area contributed by atoms with Gasteiger partial charge in [0.2, 0.25) is 0 Å². The quantitative estimate of drug-likeness (QED) is 0.165. The second-order valence-electron chi connectivity index (χ2n) is 20.1. The van der Waals surface area contributed by atoms with Crippen LogP contribution in [0.2, 0.25) is 0 Å². The number of anilines is 6. The van der Waals surface area contributed by atoms with E-state index < -0.39 is 0 Å². The number of rotatable bonds is 4. The summed E-state index contributed by atoms with van der Waals surface area (Å²) in [6.07, 6.45) is 7.51. The number of ether oxygens (including phenoxy) is 1. The fourth-order valence-corrected chi connectivity index (χ4v) is 12.1. The highest BCUT2D eigenvalue weighted by atomic mass is 16.5. The highest BCUT2D eigenvalue weighted by Crippen LogP contribution is 2.56. The first kappa shape index (κ1) is 37.6. The molecule has 3 aliphatic heterocycles. The highest BCUT2D eigenvalue weighted by Gasteiger charge is 2.48. The summed E-state index contributed by atoms with van der Waals surface area (Å²) in [6, 6.07) is 52.9. The molecule has 64 heavy (non-hydrogen) atoms. The van der Waals surface area contributed by atoms with Crippen LogP contribution in [0.25, 0.3) is 27.7 Å². The molecule has 5 heteroatoms. The van der Waals surface area contributed by atoms with E-state index in [2.05, 4.69) is 221 Å². The number of aryl methyl sites for hydroxylation is 2. The van der Waals surface area contributed by atoms with E-state index in [4.69, 9.17) is 4.74 Å². The molecule has 13 rings (SSSR count). The van der Waals surface area contributed by atoms with Crippen molar-refractivity contribution in [3.05, 3.63) is 197 Å². The minimum absolute atomic E-state index is 0.00959. The van der Waals surface area contributed by atoms with Crippen molar-refractivity contribution in [2.75, 3.05) is 9.80 Å². The van der Waals surface area contributed by atoms with Crippen LogP contribution in [0.1, 0.15) is 80.5 Å². The number of aromatic nitrogens is 1. The summed E-state index contributed by atoms with van der Waals surface area (Å²) in [5, 5.41) is 1.34. The first-order valence-electron chi connectivity index (χ1n) is 23.0. The zero-order chi connectivity index (χ0) is 43.4. The fraction of sp³-hybridized carbons (Fsp3) is 0.186. The number of allylic oxidation sites excluding steroid dienone is 4. The third kappa shape index (κ3) is 4.96. The minimum Gasteiger partial charge on any atom is -0.461 e. The molecule has 4 nitrogen and oxygen atoms in total. The third-order valence-electron chi connectivity index (χ3n) is 15.1. The van der Waals surface area contributed by atoms with Crippen molar-refractivity contribution < 1.29 is 4.74 Å². The predicted molar refractivity (Wildman–Crippen MR) is 268 cm³/mol. The Morgan fingerprint density at radius 2 is 1.42 bits per heavy atom. The number of fused-ring (bicyclic) bond motifs is 12. The average Bonchev–Trinajstić information content (AvgIpc) is 3.93. The molecule has 0 spiro atoms. The summed E-state index contributed by atoms with van der Waals surface area (Å²) in [5.74, 6) is 2.13. The van der Waals surface area contributed by atoms with Crippen molar-refractivity contribution in [1.29, 1.82) is 0 Å². The number of nitrogens with zero attached hydrogens (tertiary/aromatic N) is 3. The van der Waals surface area contributed by atoms with Crippen LogP contribution in [-0.2, 0) is 10.8 Å². The van der Waals surface area contributed by atoms with E-state index in [1.54, 1.807) is 0 Å². The van der Waals surface area contributed by atoms with Gasteiger partial charge in [-0.05, 0) is 124 Å². The minimum atomic E-state index is -0.204. The predicted octanol–water partition coefficient (Wildman–Crippen LogP) is 13.3. The fourth-order valence-electron chi connectivity index (χ4n) is 12.1. The van der Waals surface area contributed by atoms with Crippen molar-refractivity contribution in [2.24, 2.45) is 0 Å². The van der Waals surface area contributed by atoms with Gasteiger partial charge in [-0.25, -0.2) is 0 Å². The SMILES string of the molecule is Cc1ccccc1N(c1ccc2c(c1)N(c1cccc3c1C1CC=CC=C1O3)c1cc(C(C)(C)C)cc3c1B2c1cccc2c4c(n-3c12)C(C)(C)c1ccccc1-4)c1ccccc1C. The van der Waals surface area contributed by atoms with Crippen LogP contribution >= 0.6 is 0 Å². The molecule has 0 radical (unpaired) electrons. The van der Waals surface area contributed by atoms with Gasteiger partial charge in [0.05, 0.1) is 11.6 Å². The lowest BCUT2D eigenvalue weighted by molar-refractivity contribution is 0.425. The summed E-state index contributed by atoms with van der Waals surface area (Å²) in [6.45, 7) is 16.4. The summed E-state index contributed by atoms with van der Waals surface area (Å²) in [5.41, 5.74) is 24.0. The molecule has 8 aromatic rings. The summed E-state index contributed by atoms with van der Waals surface area (Å²) < 4.78 is 9.43. The molecule has 0 saturated heterocycles. The maximum Gasteiger partial charge on any atom is 0.252 e. The van der Waals surface area contributed by atoms with Crippen LogP contribution in [-0.4, -0.2) is 11.3 Å². The monoisotopic (exact) mass is 827 g/mol. The Bertz CT molecular complexity index is 3370. The van der Waals surface area contributed by atoms with E-state index >= 15 is 0 Å². The van der Waals surface area contributed by atoms with Gasteiger partial charge < -0.3 is 19.1 Å². The van der Waals surface area contributed by atoms with E-state index in [0.29, 0.717) is 0 Å². The summed E-state index contributed by atoms with van der Waals surface area (Å²) >= 11 is 0. The van der Waals surface area contributed by atoms with Gasteiger partial charge in [0, 0.05) is 67.3 Å². The molecule has 2 aliphatic carbocycles. The maximum atomic E-state index is 6.73. The number of hydrogen-bond acceptors (Lipinski definition) is 3. The van der Waals surface area contributed by atoms with Gasteiger partial charge >= 0.3 is 0 Å². The molecule has 7 aromatic carbocycles. The molecule has 0 amide bonds. The molecule has 1 atom stereocenters. The Balaban J connectivity index is 1.17. The first-order chi connectivity index (χ1) is 31.0. The van der Waals surface area contributed by atoms with Gasteiger partial charge in [-0.2, -0.15) is 0 Å². The Morgan fingerprint density at radius 3 is 2.19 bits per heavy atom. The Kier molecular flexibility index (Phi) is 7.66. The Morgan fingerprint density at radius 1 is 0.703 bits per heavy atom. The summed E-state index contributed by atoms with van der Waals surface area (Å²) in [4.78, 5) is 5.10. The molecule has 0 saturated carbocycles. The summed E-state index contributed by atoms with van der Waals surface area (Å²) in [7, 11) is 0. The molecule has 5 aliphatic rings. The van der Waals surface area contributed by atoms with Gasteiger partial charge in [0.15, 0.2) is 0 Å². The lowest BCUT2D eigenvalue weighted by Crippen LogP contribution is -2.60. The topological polar surface area (TPSA) is 20.6 Å². The van der Waals surface area contributed by atoms with Crippen LogP contribution in [0, 0.1) is 13.8 Å². The maximum absolute atomic E-state index is 6.73. The van der Waals surface area contributed by atoms with Crippen molar-refractivity contribution in [1.82, 2.24) is 4.57 Å². The van der Waals surface area contributed by atoms with Crippen molar-refractivity contribution in [3.8, 4) is 22.6 Å². The van der Waals surface area contributed by atoms with Crippen molar-refractivity contribution in [3.63, 3.8) is 0 Å². The number of hydrogen-bond donors (Lipinski definition) is 0. The lowest BCUT2D eigenvalue weighted by Gasteiger charge is -2.43. The smallest absolute Gasteiger partial charge is 0.252 e. The average molecular weight is 828 g/mol. The van der Waals surface area contributed by atoms with Crippen LogP contribution < -0.4 is 30.9 Å². The molecule has 310 valence electrons. The molecule has 4 heterocycles. The van der Waals surface area contributed by atoms with Crippen LogP contribution in [0.4, 0.5) is 34.1 Å². The molecule has 1 unspecified atom stereocenters. The molecule has 0 bridgehead atoms. The van der Waals surface area contributed by atoms with Crippen molar-refractivity contribution in [2.45, 2.75) is 71.6 Å². The second kappa shape index (κ2) is 13.0. The normalized spacial score (nSPS) is 16.7. The molecule has 0 fully saturated rings. The van der Waals surface area contributed by atoms with Crippen molar-refractivity contribution >= 4 is 68.1 Å². The van der Waals surface area contributed by atoms with Crippen LogP contribution in [0.15, 0.2) is 164 Å². The number of para-hydroxylation sites is 3. The highest BCUT2D eigenvalue weighted by molar-refractivity contribution is 7.00. The van der Waals surface area contributed by atoms with Gasteiger partial charge in [0.1, 0.15) is 11.5 Å². The largest absolute Gasteiger partial charge is 0.461 e. The lowest BCUT2D eigenvalue weighted by atomic mass is 9.33. The van der Waals surface area contributed by atoms with Crippen LogP contribution in [0.3, 0.4) is 0 Å². The van der Waals surface area contributed by atoms with E-state index in [9.17, 15) is 0 Å².